The Morgan fingerprint density at radius 2 is 1.74 bits per heavy atom. The van der Waals surface area contributed by atoms with Crippen LogP contribution in [0.5, 0.6) is 0 Å². The molecule has 65 heavy (non-hydrogen) atoms. The number of piperidine rings is 1. The van der Waals surface area contributed by atoms with Crippen LogP contribution in [0.4, 0.5) is 20.2 Å². The van der Waals surface area contributed by atoms with Crippen LogP contribution in [0, 0.1) is 11.6 Å². The van der Waals surface area contributed by atoms with Crippen LogP contribution in [0.3, 0.4) is 0 Å². The minimum atomic E-state index is -0.747. The van der Waals surface area contributed by atoms with Crippen molar-refractivity contribution < 1.29 is 27.9 Å². The molecule has 0 radical (unpaired) electrons. The summed E-state index contributed by atoms with van der Waals surface area (Å²) in [5, 5.41) is 9.94. The molecule has 0 aliphatic carbocycles. The van der Waals surface area contributed by atoms with Gasteiger partial charge in [0.05, 0.1) is 48.9 Å². The molecule has 3 heterocycles. The molecule has 0 spiro atoms. The second-order valence-electron chi connectivity index (χ2n) is 16.4. The monoisotopic (exact) mass is 904 g/mol. The first-order valence-electron chi connectivity index (χ1n) is 22.2. The number of benzene rings is 4. The zero-order chi connectivity index (χ0) is 45.9. The molecule has 340 valence electrons. The third-order valence-electron chi connectivity index (χ3n) is 12.0. The Bertz CT molecular complexity index is 2460. The quantitative estimate of drug-likeness (QED) is 0.0681. The molecule has 1 saturated heterocycles. The van der Waals surface area contributed by atoms with Gasteiger partial charge in [-0.2, -0.15) is 0 Å². The van der Waals surface area contributed by atoms with Crippen LogP contribution < -0.4 is 16.0 Å². The lowest BCUT2D eigenvalue weighted by Gasteiger charge is -2.32. The van der Waals surface area contributed by atoms with Gasteiger partial charge in [0.15, 0.2) is 0 Å². The van der Waals surface area contributed by atoms with Crippen molar-refractivity contribution in [3.63, 3.8) is 0 Å². The van der Waals surface area contributed by atoms with Crippen LogP contribution in [0.2, 0.25) is 5.02 Å². The number of hydrogen-bond donors (Lipinski definition) is 3. The summed E-state index contributed by atoms with van der Waals surface area (Å²) in [5.41, 5.74) is 5.19. The van der Waals surface area contributed by atoms with Gasteiger partial charge in [0, 0.05) is 102 Å². The number of ether oxygens (including phenoxy) is 1. The fourth-order valence-electron chi connectivity index (χ4n) is 8.47. The topological polar surface area (TPSA) is 140 Å². The fourth-order valence-corrected chi connectivity index (χ4v) is 8.64. The number of hydrogen-bond acceptors (Lipinski definition) is 9. The summed E-state index contributed by atoms with van der Waals surface area (Å²) in [6.45, 7) is 13.2. The molecule has 4 aromatic rings. The zero-order valence-electron chi connectivity index (χ0n) is 36.8. The van der Waals surface area contributed by atoms with E-state index in [4.69, 9.17) is 21.3 Å². The minimum Gasteiger partial charge on any atom is -0.380 e. The van der Waals surface area contributed by atoms with Crippen LogP contribution in [0.15, 0.2) is 106 Å². The van der Waals surface area contributed by atoms with Gasteiger partial charge in [0.1, 0.15) is 11.6 Å². The van der Waals surface area contributed by atoms with E-state index in [0.29, 0.717) is 76.2 Å². The van der Waals surface area contributed by atoms with E-state index >= 15 is 8.78 Å². The lowest BCUT2D eigenvalue weighted by atomic mass is 9.93. The van der Waals surface area contributed by atoms with E-state index in [1.165, 1.54) is 24.4 Å². The van der Waals surface area contributed by atoms with Crippen LogP contribution in [-0.4, -0.2) is 110 Å². The fraction of sp³-hybridized carbons (Fsp3) is 0.360. The molecule has 3 aliphatic heterocycles. The highest BCUT2D eigenvalue weighted by atomic mass is 35.5. The van der Waals surface area contributed by atoms with E-state index in [0.717, 1.165) is 57.4 Å². The Balaban J connectivity index is 0.823. The molecule has 1 unspecified atom stereocenters. The average molecular weight is 905 g/mol. The molecule has 1 fully saturated rings. The van der Waals surface area contributed by atoms with Crippen molar-refractivity contribution in [1.29, 1.82) is 0 Å². The predicted octanol–water partition coefficient (Wildman–Crippen LogP) is 8.15. The predicted molar refractivity (Wildman–Crippen MR) is 253 cm³/mol. The number of rotatable bonds is 18. The number of nitrogens with zero attached hydrogens (tertiary/aromatic N) is 5. The van der Waals surface area contributed by atoms with E-state index in [9.17, 15) is 14.4 Å². The van der Waals surface area contributed by atoms with Crippen LogP contribution >= 0.6 is 11.6 Å². The highest BCUT2D eigenvalue weighted by molar-refractivity contribution is 6.32. The van der Waals surface area contributed by atoms with Crippen LogP contribution in [0.1, 0.15) is 88.9 Å². The molecule has 4 aromatic carbocycles. The van der Waals surface area contributed by atoms with Crippen molar-refractivity contribution in [3.8, 4) is 0 Å². The van der Waals surface area contributed by atoms with Gasteiger partial charge in [0.25, 0.3) is 11.8 Å². The molecule has 0 aromatic heterocycles. The van der Waals surface area contributed by atoms with Gasteiger partial charge in [-0.1, -0.05) is 43.1 Å². The van der Waals surface area contributed by atoms with Crippen molar-refractivity contribution in [3.05, 3.63) is 141 Å². The maximum atomic E-state index is 15.0. The first-order valence-corrected chi connectivity index (χ1v) is 22.6. The van der Waals surface area contributed by atoms with Gasteiger partial charge in [0.2, 0.25) is 5.91 Å². The Morgan fingerprint density at radius 1 is 0.985 bits per heavy atom. The van der Waals surface area contributed by atoms with Crippen molar-refractivity contribution in [2.75, 3.05) is 57.8 Å². The summed E-state index contributed by atoms with van der Waals surface area (Å²) in [4.78, 5) is 56.7. The van der Waals surface area contributed by atoms with Crippen molar-refractivity contribution in [1.82, 2.24) is 20.4 Å². The van der Waals surface area contributed by atoms with Gasteiger partial charge in [-0.3, -0.25) is 24.4 Å². The number of halogens is 3. The van der Waals surface area contributed by atoms with Crippen LogP contribution in [-0.2, 0) is 16.1 Å². The summed E-state index contributed by atoms with van der Waals surface area (Å²) in [5.74, 6) is -1.78. The number of nitrogens with one attached hydrogen (secondary N) is 3. The molecule has 0 saturated carbocycles. The van der Waals surface area contributed by atoms with E-state index in [2.05, 4.69) is 51.4 Å². The van der Waals surface area contributed by atoms with Gasteiger partial charge in [-0.05, 0) is 93.6 Å². The standard InChI is InChI=1S/C50H55ClF2N8O4/c1-4-7-32(2)61-31-41-39(50(61)64)8-5-11-44(41)59-45(62)20-26-65-27-22-55-21-25-60-23-18-37(19-24-60)58-49(63)33-12-15-36(16-13-33)57-47-34(29-54-3)30-56-48(40-28-35(51)14-17-38(40)47)46-42(52)9-6-10-43(46)53/h5-6,8-17,28-29,32,37,55H,3-4,7,18-27,30-31H2,1-2H3,(H,58,63)(H,59,62)/b34-29-,57-47?. The largest absolute Gasteiger partial charge is 0.380 e. The summed E-state index contributed by atoms with van der Waals surface area (Å²) < 4.78 is 35.8. The molecular formula is C50H55ClF2N8O4. The highest BCUT2D eigenvalue weighted by Crippen LogP contribution is 2.33. The van der Waals surface area contributed by atoms with Crippen molar-refractivity contribution >= 4 is 58.8 Å². The lowest BCUT2D eigenvalue weighted by Crippen LogP contribution is -2.46. The molecular weight excluding hydrogens is 850 g/mol. The first-order chi connectivity index (χ1) is 31.5. The summed E-state index contributed by atoms with van der Waals surface area (Å²) in [6, 6.07) is 21.3. The number of likely N-dealkylation sites (tertiary alicyclic amines) is 1. The van der Waals surface area contributed by atoms with Gasteiger partial charge < -0.3 is 30.5 Å². The van der Waals surface area contributed by atoms with E-state index in [1.807, 2.05) is 23.1 Å². The Hall–Kier alpha value is -5.93. The Labute approximate surface area is 383 Å². The normalized spacial score (nSPS) is 17.1. The second-order valence-corrected chi connectivity index (χ2v) is 16.9. The summed E-state index contributed by atoms with van der Waals surface area (Å²) in [7, 11) is 0. The number of amides is 3. The Morgan fingerprint density at radius 3 is 2.48 bits per heavy atom. The van der Waals surface area contributed by atoms with Crippen molar-refractivity contribution in [2.24, 2.45) is 15.0 Å². The number of carbonyl (C=O) groups is 3. The molecule has 0 bridgehead atoms. The third kappa shape index (κ3) is 11.7. The molecule has 3 aliphatic rings. The smallest absolute Gasteiger partial charge is 0.254 e. The zero-order valence-corrected chi connectivity index (χ0v) is 37.6. The summed E-state index contributed by atoms with van der Waals surface area (Å²) in [6.07, 6.45) is 5.35. The van der Waals surface area contributed by atoms with Crippen LogP contribution in [0.25, 0.3) is 0 Å². The molecule has 12 nitrogen and oxygen atoms in total. The first kappa shape index (κ1) is 47.0. The maximum Gasteiger partial charge on any atom is 0.254 e. The molecule has 7 rings (SSSR count). The molecule has 15 heteroatoms. The molecule has 1 atom stereocenters. The van der Waals surface area contributed by atoms with E-state index in [-0.39, 0.29) is 54.0 Å². The van der Waals surface area contributed by atoms with Gasteiger partial charge in [-0.25, -0.2) is 13.8 Å². The number of fused-ring (bicyclic) bond motifs is 2. The highest BCUT2D eigenvalue weighted by Gasteiger charge is 2.32. The van der Waals surface area contributed by atoms with Gasteiger partial charge >= 0.3 is 0 Å². The number of anilines is 1. The lowest BCUT2D eigenvalue weighted by molar-refractivity contribution is -0.117. The van der Waals surface area contributed by atoms with E-state index < -0.39 is 11.6 Å². The van der Waals surface area contributed by atoms with Gasteiger partial charge in [-0.15, -0.1) is 0 Å². The van der Waals surface area contributed by atoms with Crippen molar-refractivity contribution in [2.45, 2.75) is 64.6 Å². The third-order valence-corrected chi connectivity index (χ3v) is 12.2. The second kappa shape index (κ2) is 22.3. The summed E-state index contributed by atoms with van der Waals surface area (Å²) >= 11 is 6.39. The SMILES string of the molecule is C=N/C=C1/CN=C(c2c(F)cccc2F)c2cc(Cl)ccc2C1=Nc1ccc(C(=O)NC2CCN(CCNCCOCCC(=O)Nc3cccc4c3CN(C(C)CCC)C4=O)CC2)cc1. The number of carbonyl (C=O) groups excluding carboxylic acids is 3. The number of aliphatic imine (C=N–C) groups is 3. The molecule has 3 N–H and O–H groups in total. The maximum absolute atomic E-state index is 15.0. The average Bonchev–Trinajstić information content (AvgIpc) is 3.57. The van der Waals surface area contributed by atoms with E-state index in [1.54, 1.807) is 42.5 Å². The Kier molecular flexibility index (Phi) is 16.1. The minimum absolute atomic E-state index is 0.0225. The molecule has 3 amide bonds.